The predicted octanol–water partition coefficient (Wildman–Crippen LogP) is 2.39. The number of aromatic nitrogens is 1. The van der Waals surface area contributed by atoms with Crippen molar-refractivity contribution in [3.63, 3.8) is 0 Å². The maximum atomic E-state index is 13.3. The third kappa shape index (κ3) is 2.89. The van der Waals surface area contributed by atoms with Crippen molar-refractivity contribution in [3.05, 3.63) is 44.4 Å². The van der Waals surface area contributed by atoms with Crippen molar-refractivity contribution in [2.75, 3.05) is 13.7 Å². The molecule has 4 aliphatic rings. The number of H-pyrrole nitrogens is 1. The Morgan fingerprint density at radius 1 is 1.18 bits per heavy atom. The minimum absolute atomic E-state index is 0.00374. The molecule has 2 bridgehead atoms. The highest BCUT2D eigenvalue weighted by Gasteiger charge is 2.69. The molecule has 7 atom stereocenters. The average molecular weight is 487 g/mol. The maximum Gasteiger partial charge on any atom is 0.305 e. The quantitative estimate of drug-likeness (QED) is 0.623. The number of aromatic amines is 1. The predicted molar refractivity (Wildman–Crippen MR) is 120 cm³/mol. The number of carbonyl (C=O) groups is 3. The molecule has 8 nitrogen and oxygen atoms in total. The molecule has 1 aromatic carbocycles. The molecule has 2 aromatic rings. The van der Waals surface area contributed by atoms with Gasteiger partial charge in [-0.1, -0.05) is 29.5 Å². The molecule has 2 amide bonds. The molecule has 0 spiro atoms. The van der Waals surface area contributed by atoms with Crippen LogP contribution in [-0.4, -0.2) is 51.7 Å². The molecule has 3 fully saturated rings. The molecule has 2 aliphatic heterocycles. The Hall–Kier alpha value is -2.59. The number of fused-ring (bicyclic) bond motifs is 9. The highest BCUT2D eigenvalue weighted by Crippen LogP contribution is 2.68. The Kier molecular flexibility index (Phi) is 4.74. The van der Waals surface area contributed by atoms with Crippen molar-refractivity contribution in [2.24, 2.45) is 29.6 Å². The number of thiazole rings is 1. The van der Waals surface area contributed by atoms with E-state index < -0.39 is 17.8 Å². The van der Waals surface area contributed by atoms with Gasteiger partial charge in [0.05, 0.1) is 30.4 Å². The first kappa shape index (κ1) is 21.0. The SMILES string of the molecule is COc1ccccc1[C@H]1c2sc(=O)[nH]c2S[C@H]2[C@@H]3C[C@@H]([C@@H]4C(=O)N(CCC(=O)O)C(=O)[C@@H]34)[C@H]12. The van der Waals surface area contributed by atoms with Gasteiger partial charge in [0.2, 0.25) is 11.8 Å². The van der Waals surface area contributed by atoms with Gasteiger partial charge in [0, 0.05) is 28.2 Å². The van der Waals surface area contributed by atoms with Crippen LogP contribution in [0.15, 0.2) is 34.1 Å². The van der Waals surface area contributed by atoms with Crippen LogP contribution in [0.3, 0.4) is 0 Å². The number of aliphatic carboxylic acids is 1. The first-order valence-electron chi connectivity index (χ1n) is 11.0. The molecule has 0 radical (unpaired) electrons. The summed E-state index contributed by atoms with van der Waals surface area (Å²) in [7, 11) is 1.63. The number of hydrogen-bond donors (Lipinski definition) is 2. The van der Waals surface area contributed by atoms with E-state index in [0.29, 0.717) is 0 Å². The number of methoxy groups -OCH3 is 1. The van der Waals surface area contributed by atoms with Gasteiger partial charge >= 0.3 is 10.8 Å². The van der Waals surface area contributed by atoms with Crippen LogP contribution in [0.4, 0.5) is 0 Å². The number of amides is 2. The second-order valence-electron chi connectivity index (χ2n) is 9.17. The zero-order valence-corrected chi connectivity index (χ0v) is 19.4. The minimum atomic E-state index is -1.02. The lowest BCUT2D eigenvalue weighted by Gasteiger charge is -2.43. The Labute approximate surface area is 197 Å². The van der Waals surface area contributed by atoms with Crippen LogP contribution >= 0.6 is 23.1 Å². The molecule has 3 heterocycles. The lowest BCUT2D eigenvalue weighted by molar-refractivity contribution is -0.142. The van der Waals surface area contributed by atoms with Gasteiger partial charge in [-0.25, -0.2) is 0 Å². The van der Waals surface area contributed by atoms with Crippen molar-refractivity contribution >= 4 is 40.9 Å². The summed E-state index contributed by atoms with van der Waals surface area (Å²) in [5, 5.41) is 10.0. The highest BCUT2D eigenvalue weighted by molar-refractivity contribution is 8.00. The van der Waals surface area contributed by atoms with Gasteiger partial charge in [0.15, 0.2) is 0 Å². The molecular formula is C23H22N2O6S2. The largest absolute Gasteiger partial charge is 0.496 e. The summed E-state index contributed by atoms with van der Waals surface area (Å²) in [6.45, 7) is -0.0709. The minimum Gasteiger partial charge on any atom is -0.496 e. The number of likely N-dealkylation sites (tertiary alicyclic amines) is 1. The van der Waals surface area contributed by atoms with Gasteiger partial charge in [-0.2, -0.15) is 0 Å². The van der Waals surface area contributed by atoms with Crippen molar-refractivity contribution in [1.29, 1.82) is 0 Å². The number of carboxylic acids is 1. The second-order valence-corrected chi connectivity index (χ2v) is 11.4. The fourth-order valence-electron chi connectivity index (χ4n) is 6.78. The van der Waals surface area contributed by atoms with Crippen LogP contribution in [0.25, 0.3) is 0 Å². The first-order chi connectivity index (χ1) is 15.9. The molecule has 2 aliphatic carbocycles. The summed E-state index contributed by atoms with van der Waals surface area (Å²) >= 11 is 2.85. The number of imide groups is 1. The number of para-hydroxylation sites is 1. The molecule has 2 N–H and O–H groups in total. The van der Waals surface area contributed by atoms with Crippen molar-refractivity contribution < 1.29 is 24.2 Å². The molecule has 1 saturated heterocycles. The van der Waals surface area contributed by atoms with Gasteiger partial charge in [0.1, 0.15) is 5.75 Å². The summed E-state index contributed by atoms with van der Waals surface area (Å²) in [5.74, 6) is -1.51. The molecule has 0 unspecified atom stereocenters. The topological polar surface area (TPSA) is 117 Å². The smallest absolute Gasteiger partial charge is 0.305 e. The maximum absolute atomic E-state index is 13.3. The van der Waals surface area contributed by atoms with Crippen LogP contribution in [0.1, 0.15) is 29.2 Å². The number of nitrogens with zero attached hydrogens (tertiary/aromatic N) is 1. The fraction of sp³-hybridized carbons (Fsp3) is 0.478. The molecular weight excluding hydrogens is 464 g/mol. The molecule has 1 aromatic heterocycles. The van der Waals surface area contributed by atoms with E-state index in [9.17, 15) is 19.2 Å². The Morgan fingerprint density at radius 3 is 2.64 bits per heavy atom. The van der Waals surface area contributed by atoms with E-state index in [-0.39, 0.29) is 58.6 Å². The molecule has 33 heavy (non-hydrogen) atoms. The Morgan fingerprint density at radius 2 is 1.91 bits per heavy atom. The highest BCUT2D eigenvalue weighted by atomic mass is 32.2. The standard InChI is InChI=1S/C23H22N2O6S2/c1-31-12-5-3-2-4-9(12)14-15-10-8-11(18(15)32-20-19(14)33-23(30)24-20)17-16(10)21(28)25(22(17)29)7-6-13(26)27/h2-5,10-11,14-18H,6-8H2,1H3,(H,24,30)(H,26,27)/t10-,11-,14-,15-,16+,17+,18+/m1/s1. The van der Waals surface area contributed by atoms with Crippen molar-refractivity contribution in [2.45, 2.75) is 29.0 Å². The summed E-state index contributed by atoms with van der Waals surface area (Å²) in [6.07, 6.45) is 0.558. The van der Waals surface area contributed by atoms with Gasteiger partial charge in [-0.3, -0.25) is 24.1 Å². The number of benzene rings is 1. The zero-order valence-electron chi connectivity index (χ0n) is 17.7. The van der Waals surface area contributed by atoms with Gasteiger partial charge in [-0.15, -0.1) is 11.8 Å². The van der Waals surface area contributed by atoms with E-state index in [1.54, 1.807) is 18.9 Å². The first-order valence-corrected chi connectivity index (χ1v) is 12.7. The van der Waals surface area contributed by atoms with Gasteiger partial charge in [0.25, 0.3) is 0 Å². The van der Waals surface area contributed by atoms with Crippen LogP contribution in [-0.2, 0) is 14.4 Å². The summed E-state index contributed by atoms with van der Waals surface area (Å²) in [6, 6.07) is 7.80. The fourth-order valence-corrected chi connectivity index (χ4v) is 9.66. The van der Waals surface area contributed by atoms with E-state index in [1.807, 2.05) is 24.3 Å². The monoisotopic (exact) mass is 486 g/mol. The van der Waals surface area contributed by atoms with Crippen LogP contribution in [0.5, 0.6) is 5.75 Å². The number of thioether (sulfide) groups is 1. The number of carbonyl (C=O) groups excluding carboxylic acids is 2. The molecule has 6 rings (SSSR count). The van der Waals surface area contributed by atoms with Crippen LogP contribution in [0.2, 0.25) is 0 Å². The zero-order chi connectivity index (χ0) is 23.0. The molecule has 10 heteroatoms. The van der Waals surface area contributed by atoms with E-state index in [2.05, 4.69) is 4.98 Å². The molecule has 172 valence electrons. The third-order valence-electron chi connectivity index (χ3n) is 7.84. The van der Waals surface area contributed by atoms with E-state index >= 15 is 0 Å². The average Bonchev–Trinajstić information content (AvgIpc) is 3.51. The lowest BCUT2D eigenvalue weighted by atomic mass is 9.68. The number of hydrogen-bond acceptors (Lipinski definition) is 7. The lowest BCUT2D eigenvalue weighted by Crippen LogP contribution is -2.42. The van der Waals surface area contributed by atoms with E-state index in [1.165, 1.54) is 16.2 Å². The Bertz CT molecular complexity index is 1240. The summed E-state index contributed by atoms with van der Waals surface area (Å²) in [5.41, 5.74) is 0.996. The normalized spacial score (nSPS) is 33.7. The number of ether oxygens (including phenoxy) is 1. The number of rotatable bonds is 5. The van der Waals surface area contributed by atoms with E-state index in [0.717, 1.165) is 27.6 Å². The summed E-state index contributed by atoms with van der Waals surface area (Å²) in [4.78, 5) is 54.9. The van der Waals surface area contributed by atoms with Crippen molar-refractivity contribution in [3.8, 4) is 5.75 Å². The number of carboxylic acid groups (broad SMARTS) is 1. The van der Waals surface area contributed by atoms with Gasteiger partial charge in [-0.05, 0) is 30.2 Å². The Balaban J connectivity index is 1.43. The van der Waals surface area contributed by atoms with Gasteiger partial charge < -0.3 is 14.8 Å². The second kappa shape index (κ2) is 7.46. The van der Waals surface area contributed by atoms with Crippen molar-refractivity contribution in [1.82, 2.24) is 9.88 Å². The summed E-state index contributed by atoms with van der Waals surface area (Å²) < 4.78 is 5.67. The van der Waals surface area contributed by atoms with E-state index in [4.69, 9.17) is 9.84 Å². The van der Waals surface area contributed by atoms with Crippen LogP contribution in [0, 0.1) is 29.6 Å². The van der Waals surface area contributed by atoms with Crippen LogP contribution < -0.4 is 9.61 Å². The third-order valence-corrected chi connectivity index (χ3v) is 10.4. The number of nitrogens with one attached hydrogen (secondary N) is 1. The molecule has 2 saturated carbocycles.